The molecule has 0 saturated carbocycles. The molecule has 23 heavy (non-hydrogen) atoms. The Bertz CT molecular complexity index is 676. The number of likely N-dealkylation sites (N-methyl/N-ethyl adjacent to an activating group) is 1. The molecule has 0 bridgehead atoms. The number of amides is 1. The minimum atomic E-state index is -0.308. The van der Waals surface area contributed by atoms with Gasteiger partial charge in [0.25, 0.3) is 0 Å². The highest BCUT2D eigenvalue weighted by molar-refractivity contribution is 5.84. The minimum Gasteiger partial charge on any atom is -0.447 e. The van der Waals surface area contributed by atoms with Crippen LogP contribution in [0.15, 0.2) is 24.4 Å². The molecule has 2 N–H and O–H groups in total. The van der Waals surface area contributed by atoms with E-state index in [9.17, 15) is 4.79 Å². The average Bonchev–Trinajstić information content (AvgIpc) is 3.15. The Labute approximate surface area is 137 Å². The number of alkyl carbamates (subject to hydrolysis) is 1. The molecule has 1 aliphatic rings. The molecule has 2 heterocycles. The van der Waals surface area contributed by atoms with E-state index in [1.165, 1.54) is 22.0 Å². The van der Waals surface area contributed by atoms with Crippen molar-refractivity contribution in [1.82, 2.24) is 15.2 Å². The lowest BCUT2D eigenvalue weighted by Crippen LogP contribution is -2.28. The lowest BCUT2D eigenvalue weighted by molar-refractivity contribution is 0.177. The van der Waals surface area contributed by atoms with E-state index >= 15 is 0 Å². The predicted molar refractivity (Wildman–Crippen MR) is 91.8 cm³/mol. The maximum atomic E-state index is 11.1. The van der Waals surface area contributed by atoms with Gasteiger partial charge in [0.15, 0.2) is 0 Å². The monoisotopic (exact) mass is 315 g/mol. The van der Waals surface area contributed by atoms with Crippen molar-refractivity contribution in [3.05, 3.63) is 35.5 Å². The van der Waals surface area contributed by atoms with Crippen molar-refractivity contribution in [2.45, 2.75) is 32.7 Å². The van der Waals surface area contributed by atoms with Gasteiger partial charge in [-0.05, 0) is 49.2 Å². The molecule has 1 atom stereocenters. The van der Waals surface area contributed by atoms with Crippen molar-refractivity contribution in [1.29, 1.82) is 0 Å². The summed E-state index contributed by atoms with van der Waals surface area (Å²) < 4.78 is 4.96. The van der Waals surface area contributed by atoms with Crippen LogP contribution < -0.4 is 5.32 Å². The summed E-state index contributed by atoms with van der Waals surface area (Å²) in [5.74, 6) is 0. The average molecular weight is 315 g/mol. The van der Waals surface area contributed by atoms with Crippen LogP contribution in [-0.4, -0.2) is 48.3 Å². The van der Waals surface area contributed by atoms with E-state index in [0.29, 0.717) is 6.61 Å². The Morgan fingerprint density at radius 2 is 2.13 bits per heavy atom. The summed E-state index contributed by atoms with van der Waals surface area (Å²) in [6.45, 7) is 8.12. The number of aromatic nitrogens is 1. The number of fused-ring (bicyclic) bond motifs is 1. The first kappa shape index (κ1) is 15.9. The largest absolute Gasteiger partial charge is 0.447 e. The van der Waals surface area contributed by atoms with Crippen LogP contribution in [0.3, 0.4) is 0 Å². The second kappa shape index (κ2) is 7.04. The van der Waals surface area contributed by atoms with Crippen LogP contribution in [0.5, 0.6) is 0 Å². The van der Waals surface area contributed by atoms with Gasteiger partial charge in [-0.15, -0.1) is 0 Å². The zero-order chi connectivity index (χ0) is 16.2. The van der Waals surface area contributed by atoms with Crippen molar-refractivity contribution in [2.24, 2.45) is 0 Å². The maximum absolute atomic E-state index is 11.1. The Morgan fingerprint density at radius 1 is 1.30 bits per heavy atom. The summed E-state index contributed by atoms with van der Waals surface area (Å²) in [5, 5.41) is 4.13. The molecule has 5 nitrogen and oxygen atoms in total. The van der Waals surface area contributed by atoms with E-state index in [1.807, 2.05) is 0 Å². The van der Waals surface area contributed by atoms with Gasteiger partial charge in [0.05, 0.1) is 6.04 Å². The molecular formula is C18H25N3O2. The third-order valence-corrected chi connectivity index (χ3v) is 4.64. The van der Waals surface area contributed by atoms with Crippen molar-refractivity contribution in [3.63, 3.8) is 0 Å². The molecule has 124 valence electrons. The van der Waals surface area contributed by atoms with E-state index in [0.717, 1.165) is 32.5 Å². The van der Waals surface area contributed by atoms with E-state index in [2.05, 4.69) is 53.4 Å². The molecule has 0 spiro atoms. The highest BCUT2D eigenvalue weighted by Gasteiger charge is 2.22. The molecule has 1 fully saturated rings. The number of nitrogens with zero attached hydrogens (tertiary/aromatic N) is 1. The van der Waals surface area contributed by atoms with Gasteiger partial charge in [0, 0.05) is 23.6 Å². The third kappa shape index (κ3) is 3.67. The lowest BCUT2D eigenvalue weighted by atomic mass is 10.0. The van der Waals surface area contributed by atoms with Gasteiger partial charge in [-0.1, -0.05) is 19.9 Å². The fourth-order valence-corrected chi connectivity index (χ4v) is 3.20. The first-order valence-corrected chi connectivity index (χ1v) is 8.44. The number of aromatic amines is 1. The van der Waals surface area contributed by atoms with Crippen LogP contribution in [0, 0.1) is 0 Å². The predicted octanol–water partition coefficient (Wildman–Crippen LogP) is 2.70. The summed E-state index contributed by atoms with van der Waals surface area (Å²) >= 11 is 0. The maximum Gasteiger partial charge on any atom is 0.407 e. The number of carbonyl (C=O) groups is 1. The Hall–Kier alpha value is -2.01. The number of nitrogens with one attached hydrogen (secondary N) is 2. The number of hydrogen-bond donors (Lipinski definition) is 2. The SMILES string of the molecule is CCN(CC)CCc1c[nH]c2ccc(CC3COC(=O)N3)cc12. The van der Waals surface area contributed by atoms with Crippen LogP contribution >= 0.6 is 0 Å². The van der Waals surface area contributed by atoms with Crippen molar-refractivity contribution in [3.8, 4) is 0 Å². The van der Waals surface area contributed by atoms with Gasteiger partial charge < -0.3 is 19.9 Å². The van der Waals surface area contributed by atoms with Crippen molar-refractivity contribution < 1.29 is 9.53 Å². The highest BCUT2D eigenvalue weighted by Crippen LogP contribution is 2.22. The summed E-state index contributed by atoms with van der Waals surface area (Å²) in [4.78, 5) is 16.9. The molecule has 1 unspecified atom stereocenters. The summed E-state index contributed by atoms with van der Waals surface area (Å²) in [6.07, 6.45) is 3.67. The number of hydrogen-bond acceptors (Lipinski definition) is 3. The molecule has 1 aliphatic heterocycles. The molecule has 0 aliphatic carbocycles. The molecule has 2 aromatic rings. The van der Waals surface area contributed by atoms with Gasteiger partial charge in [-0.25, -0.2) is 4.79 Å². The van der Waals surface area contributed by atoms with Crippen LogP contribution in [0.4, 0.5) is 4.79 Å². The number of benzene rings is 1. The van der Waals surface area contributed by atoms with Crippen LogP contribution in [-0.2, 0) is 17.6 Å². The number of rotatable bonds is 7. The highest BCUT2D eigenvalue weighted by atomic mass is 16.6. The molecule has 1 aromatic carbocycles. The van der Waals surface area contributed by atoms with Crippen LogP contribution in [0.1, 0.15) is 25.0 Å². The van der Waals surface area contributed by atoms with E-state index in [-0.39, 0.29) is 12.1 Å². The van der Waals surface area contributed by atoms with Gasteiger partial charge in [0.1, 0.15) is 6.61 Å². The van der Waals surface area contributed by atoms with Gasteiger partial charge in [-0.3, -0.25) is 0 Å². The first-order chi connectivity index (χ1) is 11.2. The quantitative estimate of drug-likeness (QED) is 0.826. The minimum absolute atomic E-state index is 0.0815. The molecule has 5 heteroatoms. The van der Waals surface area contributed by atoms with Gasteiger partial charge in [-0.2, -0.15) is 0 Å². The topological polar surface area (TPSA) is 57.4 Å². The van der Waals surface area contributed by atoms with Gasteiger partial charge in [0.2, 0.25) is 0 Å². The standard InChI is InChI=1S/C18H25N3O2/c1-3-21(4-2)8-7-14-11-19-17-6-5-13(10-16(14)17)9-15-12-23-18(22)20-15/h5-6,10-11,15,19H,3-4,7-9,12H2,1-2H3,(H,20,22). The number of ether oxygens (including phenoxy) is 1. The smallest absolute Gasteiger partial charge is 0.407 e. The Balaban J connectivity index is 1.72. The van der Waals surface area contributed by atoms with E-state index in [4.69, 9.17) is 4.74 Å². The number of carbonyl (C=O) groups excluding carboxylic acids is 1. The van der Waals surface area contributed by atoms with Crippen LogP contribution in [0.2, 0.25) is 0 Å². The normalized spacial score (nSPS) is 17.7. The summed E-state index contributed by atoms with van der Waals surface area (Å²) in [5.41, 5.74) is 3.77. The zero-order valence-corrected chi connectivity index (χ0v) is 13.9. The first-order valence-electron chi connectivity index (χ1n) is 8.44. The molecule has 1 saturated heterocycles. The molecule has 1 amide bonds. The third-order valence-electron chi connectivity index (χ3n) is 4.64. The number of cyclic esters (lactones) is 1. The van der Waals surface area contributed by atoms with Crippen molar-refractivity contribution in [2.75, 3.05) is 26.2 Å². The second-order valence-electron chi connectivity index (χ2n) is 6.11. The number of H-pyrrole nitrogens is 1. The van der Waals surface area contributed by atoms with Gasteiger partial charge >= 0.3 is 6.09 Å². The Kier molecular flexibility index (Phi) is 4.86. The molecule has 0 radical (unpaired) electrons. The molecular weight excluding hydrogens is 290 g/mol. The van der Waals surface area contributed by atoms with E-state index < -0.39 is 0 Å². The Morgan fingerprint density at radius 3 is 2.83 bits per heavy atom. The fraction of sp³-hybridized carbons (Fsp3) is 0.500. The summed E-state index contributed by atoms with van der Waals surface area (Å²) in [6, 6.07) is 6.58. The molecule has 3 rings (SSSR count). The van der Waals surface area contributed by atoms with Crippen molar-refractivity contribution >= 4 is 17.0 Å². The lowest BCUT2D eigenvalue weighted by Gasteiger charge is -2.17. The zero-order valence-electron chi connectivity index (χ0n) is 13.9. The summed E-state index contributed by atoms with van der Waals surface area (Å²) in [7, 11) is 0. The van der Waals surface area contributed by atoms with E-state index in [1.54, 1.807) is 0 Å². The second-order valence-corrected chi connectivity index (χ2v) is 6.11. The fourth-order valence-electron chi connectivity index (χ4n) is 3.20. The van der Waals surface area contributed by atoms with Crippen LogP contribution in [0.25, 0.3) is 10.9 Å². The molecule has 1 aromatic heterocycles.